The maximum Gasteiger partial charge on any atom is 0.317 e. The van der Waals surface area contributed by atoms with E-state index in [9.17, 15) is 14.7 Å². The first-order chi connectivity index (χ1) is 14.5. The van der Waals surface area contributed by atoms with Gasteiger partial charge in [-0.2, -0.15) is 0 Å². The number of aryl methyl sites for hydroxylation is 2. The third-order valence-electron chi connectivity index (χ3n) is 4.78. The molecule has 152 valence electrons. The zero-order chi connectivity index (χ0) is 21.1. The zero-order valence-corrected chi connectivity index (χ0v) is 17.9. The number of carboxylic acids is 1. The van der Waals surface area contributed by atoms with Crippen LogP contribution in [-0.2, 0) is 11.2 Å². The van der Waals surface area contributed by atoms with E-state index in [1.54, 1.807) is 0 Å². The Hall–Kier alpha value is -2.90. The molecule has 4 rings (SSSR count). The molecule has 0 spiro atoms. The summed E-state index contributed by atoms with van der Waals surface area (Å²) < 4.78 is 0. The van der Waals surface area contributed by atoms with Gasteiger partial charge in [-0.1, -0.05) is 71.9 Å². The average molecular weight is 437 g/mol. The van der Waals surface area contributed by atoms with E-state index < -0.39 is 11.2 Å². The van der Waals surface area contributed by atoms with Crippen molar-refractivity contribution in [3.8, 4) is 10.4 Å². The summed E-state index contributed by atoms with van der Waals surface area (Å²) in [4.78, 5) is 33.2. The molecule has 4 aromatic rings. The van der Waals surface area contributed by atoms with Gasteiger partial charge in [0.25, 0.3) is 5.56 Å². The van der Waals surface area contributed by atoms with E-state index >= 15 is 0 Å². The van der Waals surface area contributed by atoms with Gasteiger partial charge >= 0.3 is 5.97 Å². The fourth-order valence-electron chi connectivity index (χ4n) is 3.13. The number of carboxylic acid groups (broad SMARTS) is 1. The van der Waals surface area contributed by atoms with Crippen molar-refractivity contribution in [3.63, 3.8) is 0 Å². The largest absolute Gasteiger partial charge is 0.480 e. The van der Waals surface area contributed by atoms with Crippen molar-refractivity contribution >= 4 is 39.3 Å². The molecule has 0 fully saturated rings. The Balaban J connectivity index is 1.55. The molecule has 1 atom stereocenters. The van der Waals surface area contributed by atoms with Crippen LogP contribution in [0.2, 0.25) is 0 Å². The normalized spacial score (nSPS) is 12.2. The van der Waals surface area contributed by atoms with E-state index in [-0.39, 0.29) is 5.56 Å². The molecule has 0 saturated heterocycles. The Kier molecular flexibility index (Phi) is 6.01. The van der Waals surface area contributed by atoms with Crippen LogP contribution in [0.1, 0.15) is 17.5 Å². The van der Waals surface area contributed by atoms with Crippen molar-refractivity contribution in [2.75, 3.05) is 0 Å². The molecule has 0 bridgehead atoms. The van der Waals surface area contributed by atoms with Crippen LogP contribution in [0, 0.1) is 6.92 Å². The van der Waals surface area contributed by atoms with Crippen LogP contribution in [0.25, 0.3) is 20.7 Å². The molecule has 2 aromatic heterocycles. The first-order valence-electron chi connectivity index (χ1n) is 9.54. The minimum absolute atomic E-state index is 0.247. The summed E-state index contributed by atoms with van der Waals surface area (Å²) in [6.07, 6.45) is 1.10. The molecule has 0 aliphatic carbocycles. The summed E-state index contributed by atoms with van der Waals surface area (Å²) in [5.41, 5.74) is 3.04. The van der Waals surface area contributed by atoms with Crippen LogP contribution in [0.3, 0.4) is 0 Å². The number of thiophene rings is 1. The van der Waals surface area contributed by atoms with E-state index in [4.69, 9.17) is 0 Å². The quantitative estimate of drug-likeness (QED) is 0.310. The summed E-state index contributed by atoms with van der Waals surface area (Å²) in [5.74, 6) is -0.911. The van der Waals surface area contributed by atoms with Crippen LogP contribution >= 0.6 is 23.1 Å². The van der Waals surface area contributed by atoms with Crippen LogP contribution in [0.4, 0.5) is 0 Å². The lowest BCUT2D eigenvalue weighted by Crippen LogP contribution is -2.19. The highest BCUT2D eigenvalue weighted by Crippen LogP contribution is 2.32. The second-order valence-corrected chi connectivity index (χ2v) is 9.26. The molecule has 0 aliphatic heterocycles. The Labute approximate surface area is 181 Å². The second kappa shape index (κ2) is 8.85. The number of hydrogen-bond donors (Lipinski definition) is 2. The number of nitrogens with zero attached hydrogens (tertiary/aromatic N) is 1. The molecule has 0 radical (unpaired) electrons. The van der Waals surface area contributed by atoms with Gasteiger partial charge in [0.2, 0.25) is 0 Å². The van der Waals surface area contributed by atoms with Gasteiger partial charge in [0, 0.05) is 4.88 Å². The lowest BCUT2D eigenvalue weighted by molar-refractivity contribution is -0.136. The monoisotopic (exact) mass is 436 g/mol. The van der Waals surface area contributed by atoms with Gasteiger partial charge in [-0.15, -0.1) is 11.3 Å². The Morgan fingerprint density at radius 1 is 1.17 bits per heavy atom. The van der Waals surface area contributed by atoms with Gasteiger partial charge in [0.05, 0.1) is 5.39 Å². The molecular formula is C23H20N2O3S2. The maximum absolute atomic E-state index is 12.6. The number of H-pyrrole nitrogens is 1. The minimum Gasteiger partial charge on any atom is -0.480 e. The highest BCUT2D eigenvalue weighted by atomic mass is 32.2. The van der Waals surface area contributed by atoms with E-state index in [1.165, 1.54) is 16.9 Å². The molecule has 7 heteroatoms. The molecule has 2 heterocycles. The van der Waals surface area contributed by atoms with Crippen LogP contribution in [-0.4, -0.2) is 26.3 Å². The highest BCUT2D eigenvalue weighted by molar-refractivity contribution is 8.00. The fraction of sp³-hybridized carbons (Fsp3) is 0.174. The van der Waals surface area contributed by atoms with Crippen molar-refractivity contribution in [1.29, 1.82) is 0 Å². The smallest absolute Gasteiger partial charge is 0.317 e. The summed E-state index contributed by atoms with van der Waals surface area (Å²) in [6.45, 7) is 2.02. The predicted molar refractivity (Wildman–Crippen MR) is 122 cm³/mol. The SMILES string of the molecule is Cc1ccc(CCC(Sc2nc3sc(-c4ccccc4)cc3c(=O)[nH]2)C(=O)O)cc1. The van der Waals surface area contributed by atoms with Crippen molar-refractivity contribution in [2.45, 2.75) is 30.2 Å². The van der Waals surface area contributed by atoms with Gasteiger partial charge in [-0.05, 0) is 37.0 Å². The molecule has 2 N–H and O–H groups in total. The Bertz CT molecular complexity index is 1230. The van der Waals surface area contributed by atoms with Crippen molar-refractivity contribution in [3.05, 3.63) is 82.1 Å². The minimum atomic E-state index is -0.911. The third kappa shape index (κ3) is 4.63. The van der Waals surface area contributed by atoms with Gasteiger partial charge < -0.3 is 10.1 Å². The molecule has 5 nitrogen and oxygen atoms in total. The summed E-state index contributed by atoms with van der Waals surface area (Å²) in [7, 11) is 0. The van der Waals surface area contributed by atoms with Crippen LogP contribution in [0.15, 0.2) is 70.6 Å². The number of fused-ring (bicyclic) bond motifs is 1. The van der Waals surface area contributed by atoms with Crippen molar-refractivity contribution in [1.82, 2.24) is 9.97 Å². The number of hydrogen-bond acceptors (Lipinski definition) is 5. The lowest BCUT2D eigenvalue weighted by atomic mass is 10.1. The molecule has 0 aliphatic rings. The van der Waals surface area contributed by atoms with Crippen LogP contribution in [0.5, 0.6) is 0 Å². The number of aliphatic carboxylic acids is 1. The number of thioether (sulfide) groups is 1. The van der Waals surface area contributed by atoms with Crippen molar-refractivity contribution in [2.24, 2.45) is 0 Å². The molecular weight excluding hydrogens is 416 g/mol. The van der Waals surface area contributed by atoms with E-state index in [0.717, 1.165) is 27.8 Å². The number of carbonyl (C=O) groups is 1. The molecule has 2 aromatic carbocycles. The van der Waals surface area contributed by atoms with Gasteiger partial charge in [0.15, 0.2) is 5.16 Å². The predicted octanol–water partition coefficient (Wildman–Crippen LogP) is 5.14. The molecule has 0 saturated carbocycles. The van der Waals surface area contributed by atoms with E-state index in [2.05, 4.69) is 9.97 Å². The van der Waals surface area contributed by atoms with Gasteiger partial charge in [0.1, 0.15) is 10.1 Å². The number of nitrogens with one attached hydrogen (secondary N) is 1. The van der Waals surface area contributed by atoms with E-state index in [1.807, 2.05) is 67.6 Å². The van der Waals surface area contributed by atoms with Crippen LogP contribution < -0.4 is 5.56 Å². The summed E-state index contributed by atoms with van der Waals surface area (Å²) in [5, 5.41) is 9.82. The fourth-order valence-corrected chi connectivity index (χ4v) is 5.13. The Morgan fingerprint density at radius 3 is 2.60 bits per heavy atom. The first kappa shape index (κ1) is 20.4. The molecule has 1 unspecified atom stereocenters. The standard InChI is InChI=1S/C23H20N2O3S2/c1-14-7-9-15(10-8-14)11-12-18(22(27)28)30-23-24-20(26)17-13-19(29-21(17)25-23)16-5-3-2-4-6-16/h2-10,13,18H,11-12H2,1H3,(H,27,28)(H,24,25,26). The van der Waals surface area contributed by atoms with Gasteiger partial charge in [-0.25, -0.2) is 4.98 Å². The summed E-state index contributed by atoms with van der Waals surface area (Å²) >= 11 is 2.53. The van der Waals surface area contributed by atoms with Gasteiger partial charge in [-0.3, -0.25) is 9.59 Å². The number of aromatic nitrogens is 2. The average Bonchev–Trinajstić information content (AvgIpc) is 3.17. The number of rotatable bonds is 7. The molecule has 30 heavy (non-hydrogen) atoms. The molecule has 0 amide bonds. The highest BCUT2D eigenvalue weighted by Gasteiger charge is 2.21. The van der Waals surface area contributed by atoms with E-state index in [0.29, 0.717) is 28.2 Å². The third-order valence-corrected chi connectivity index (χ3v) is 7.00. The lowest BCUT2D eigenvalue weighted by Gasteiger charge is -2.11. The number of aromatic amines is 1. The van der Waals surface area contributed by atoms with Crippen molar-refractivity contribution < 1.29 is 9.90 Å². The second-order valence-electron chi connectivity index (χ2n) is 7.04. The topological polar surface area (TPSA) is 83.0 Å². The number of benzene rings is 2. The Morgan fingerprint density at radius 2 is 1.90 bits per heavy atom. The first-order valence-corrected chi connectivity index (χ1v) is 11.2. The maximum atomic E-state index is 12.6. The summed E-state index contributed by atoms with van der Waals surface area (Å²) in [6, 6.07) is 19.7. The zero-order valence-electron chi connectivity index (χ0n) is 16.3.